The van der Waals surface area contributed by atoms with Crippen molar-refractivity contribution < 1.29 is 14.3 Å². The second-order valence-electron chi connectivity index (χ2n) is 6.40. The summed E-state index contributed by atoms with van der Waals surface area (Å²) in [5.41, 5.74) is 2.51. The third kappa shape index (κ3) is 4.91. The molecule has 1 aliphatic rings. The number of para-hydroxylation sites is 2. The molecule has 0 atom stereocenters. The van der Waals surface area contributed by atoms with Gasteiger partial charge in [-0.2, -0.15) is 0 Å². The van der Waals surface area contributed by atoms with Crippen molar-refractivity contribution in [2.24, 2.45) is 0 Å². The third-order valence-corrected chi connectivity index (χ3v) is 4.57. The Labute approximate surface area is 154 Å². The molecule has 138 valence electrons. The predicted molar refractivity (Wildman–Crippen MR) is 103 cm³/mol. The molecule has 0 aliphatic carbocycles. The monoisotopic (exact) mass is 354 g/mol. The summed E-state index contributed by atoms with van der Waals surface area (Å²) in [6.45, 7) is 2.88. The van der Waals surface area contributed by atoms with Gasteiger partial charge < -0.3 is 19.7 Å². The summed E-state index contributed by atoms with van der Waals surface area (Å²) >= 11 is 0. The highest BCUT2D eigenvalue weighted by molar-refractivity contribution is 5.77. The minimum absolute atomic E-state index is 0.0196. The molecule has 26 heavy (non-hydrogen) atoms. The van der Waals surface area contributed by atoms with Gasteiger partial charge in [-0.05, 0) is 49.1 Å². The number of nitrogens with one attached hydrogen (secondary N) is 1. The Bertz CT molecular complexity index is 709. The van der Waals surface area contributed by atoms with E-state index in [4.69, 9.17) is 9.47 Å². The normalized spacial score (nSPS) is 13.5. The second-order valence-corrected chi connectivity index (χ2v) is 6.40. The Morgan fingerprint density at radius 3 is 2.42 bits per heavy atom. The van der Waals surface area contributed by atoms with Crippen LogP contribution in [0, 0.1) is 0 Å². The van der Waals surface area contributed by atoms with E-state index in [-0.39, 0.29) is 12.5 Å². The van der Waals surface area contributed by atoms with Crippen LogP contribution in [0.5, 0.6) is 11.5 Å². The van der Waals surface area contributed by atoms with E-state index in [1.165, 1.54) is 24.1 Å². The fourth-order valence-electron chi connectivity index (χ4n) is 3.13. The van der Waals surface area contributed by atoms with E-state index in [0.29, 0.717) is 18.0 Å². The van der Waals surface area contributed by atoms with E-state index < -0.39 is 0 Å². The van der Waals surface area contributed by atoms with Crippen LogP contribution in [0.15, 0.2) is 48.5 Å². The van der Waals surface area contributed by atoms with Gasteiger partial charge in [-0.25, -0.2) is 0 Å². The number of benzene rings is 2. The number of methoxy groups -OCH3 is 1. The van der Waals surface area contributed by atoms with Crippen molar-refractivity contribution in [3.8, 4) is 11.5 Å². The average Bonchev–Trinajstić information content (AvgIpc) is 3.22. The first-order valence-electron chi connectivity index (χ1n) is 9.12. The quantitative estimate of drug-likeness (QED) is 0.792. The van der Waals surface area contributed by atoms with E-state index in [1.54, 1.807) is 19.2 Å². The SMILES string of the molecule is COc1ccccc1OCC(=O)NCCc1ccc(N2CCCC2)cc1. The van der Waals surface area contributed by atoms with E-state index >= 15 is 0 Å². The van der Waals surface area contributed by atoms with Crippen molar-refractivity contribution in [2.75, 3.05) is 38.3 Å². The van der Waals surface area contributed by atoms with Crippen LogP contribution in [0.25, 0.3) is 0 Å². The minimum Gasteiger partial charge on any atom is -0.493 e. The number of carbonyl (C=O) groups is 1. The molecule has 1 aliphatic heterocycles. The molecule has 3 rings (SSSR count). The molecule has 0 spiro atoms. The highest BCUT2D eigenvalue weighted by atomic mass is 16.5. The first-order valence-corrected chi connectivity index (χ1v) is 9.12. The Morgan fingerprint density at radius 1 is 1.04 bits per heavy atom. The number of hydrogen-bond acceptors (Lipinski definition) is 4. The fourth-order valence-corrected chi connectivity index (χ4v) is 3.13. The van der Waals surface area contributed by atoms with Gasteiger partial charge in [-0.15, -0.1) is 0 Å². The number of ether oxygens (including phenoxy) is 2. The lowest BCUT2D eigenvalue weighted by molar-refractivity contribution is -0.123. The molecular weight excluding hydrogens is 328 g/mol. The molecule has 1 saturated heterocycles. The Balaban J connectivity index is 1.39. The number of rotatable bonds is 8. The van der Waals surface area contributed by atoms with Gasteiger partial charge in [0.15, 0.2) is 18.1 Å². The minimum atomic E-state index is -0.135. The van der Waals surface area contributed by atoms with Crippen LogP contribution in [-0.2, 0) is 11.2 Å². The molecule has 0 bridgehead atoms. The van der Waals surface area contributed by atoms with Gasteiger partial charge in [0, 0.05) is 25.3 Å². The van der Waals surface area contributed by atoms with Gasteiger partial charge in [-0.1, -0.05) is 24.3 Å². The summed E-state index contributed by atoms with van der Waals surface area (Å²) in [5.74, 6) is 1.06. The maximum absolute atomic E-state index is 12.0. The molecule has 1 fully saturated rings. The molecule has 1 N–H and O–H groups in total. The van der Waals surface area contributed by atoms with E-state index in [2.05, 4.69) is 34.5 Å². The molecule has 1 heterocycles. The Morgan fingerprint density at radius 2 is 1.73 bits per heavy atom. The maximum Gasteiger partial charge on any atom is 0.257 e. The van der Waals surface area contributed by atoms with Gasteiger partial charge in [0.05, 0.1) is 7.11 Å². The molecule has 0 radical (unpaired) electrons. The van der Waals surface area contributed by atoms with Gasteiger partial charge in [-0.3, -0.25) is 4.79 Å². The van der Waals surface area contributed by atoms with Gasteiger partial charge in [0.1, 0.15) is 0 Å². The number of hydrogen-bond donors (Lipinski definition) is 1. The maximum atomic E-state index is 12.0. The molecule has 0 aromatic heterocycles. The van der Waals surface area contributed by atoms with Crippen molar-refractivity contribution >= 4 is 11.6 Å². The topological polar surface area (TPSA) is 50.8 Å². The van der Waals surface area contributed by atoms with Crippen LogP contribution in [-0.4, -0.2) is 39.3 Å². The van der Waals surface area contributed by atoms with Crippen molar-refractivity contribution in [1.29, 1.82) is 0 Å². The van der Waals surface area contributed by atoms with E-state index in [9.17, 15) is 4.79 Å². The Hall–Kier alpha value is -2.69. The first kappa shape index (κ1) is 18.1. The summed E-state index contributed by atoms with van der Waals surface area (Å²) in [6.07, 6.45) is 3.37. The highest BCUT2D eigenvalue weighted by Gasteiger charge is 2.11. The van der Waals surface area contributed by atoms with Crippen molar-refractivity contribution in [1.82, 2.24) is 5.32 Å². The standard InChI is InChI=1S/C21H26N2O3/c1-25-19-6-2-3-7-20(19)26-16-21(24)22-13-12-17-8-10-18(11-9-17)23-14-4-5-15-23/h2-3,6-11H,4-5,12-16H2,1H3,(H,22,24). The summed E-state index contributed by atoms with van der Waals surface area (Å²) < 4.78 is 10.7. The third-order valence-electron chi connectivity index (χ3n) is 4.57. The summed E-state index contributed by atoms with van der Waals surface area (Å²) in [5, 5.41) is 2.89. The molecule has 2 aromatic rings. The smallest absolute Gasteiger partial charge is 0.257 e. The largest absolute Gasteiger partial charge is 0.493 e. The van der Waals surface area contributed by atoms with Crippen molar-refractivity contribution in [3.05, 3.63) is 54.1 Å². The molecule has 0 saturated carbocycles. The Kier molecular flexibility index (Phi) is 6.36. The zero-order chi connectivity index (χ0) is 18.2. The number of anilines is 1. The molecule has 2 aromatic carbocycles. The van der Waals surface area contributed by atoms with E-state index in [0.717, 1.165) is 19.5 Å². The molecule has 5 nitrogen and oxygen atoms in total. The van der Waals surface area contributed by atoms with Crippen LogP contribution in [0.1, 0.15) is 18.4 Å². The van der Waals surface area contributed by atoms with Crippen LogP contribution in [0.3, 0.4) is 0 Å². The van der Waals surface area contributed by atoms with Crippen LogP contribution < -0.4 is 19.7 Å². The van der Waals surface area contributed by atoms with Crippen LogP contribution in [0.2, 0.25) is 0 Å². The number of nitrogens with zero attached hydrogens (tertiary/aromatic N) is 1. The van der Waals surface area contributed by atoms with Gasteiger partial charge in [0.2, 0.25) is 0 Å². The summed E-state index contributed by atoms with van der Waals surface area (Å²) in [7, 11) is 1.58. The summed E-state index contributed by atoms with van der Waals surface area (Å²) in [4.78, 5) is 14.4. The number of carbonyl (C=O) groups excluding carboxylic acids is 1. The van der Waals surface area contributed by atoms with E-state index in [1.807, 2.05) is 12.1 Å². The van der Waals surface area contributed by atoms with Gasteiger partial charge in [0.25, 0.3) is 5.91 Å². The lowest BCUT2D eigenvalue weighted by Crippen LogP contribution is -2.30. The second kappa shape index (κ2) is 9.13. The van der Waals surface area contributed by atoms with Crippen LogP contribution in [0.4, 0.5) is 5.69 Å². The fraction of sp³-hybridized carbons (Fsp3) is 0.381. The number of amides is 1. The van der Waals surface area contributed by atoms with Crippen molar-refractivity contribution in [3.63, 3.8) is 0 Å². The lowest BCUT2D eigenvalue weighted by Gasteiger charge is -2.17. The van der Waals surface area contributed by atoms with Crippen LogP contribution >= 0.6 is 0 Å². The lowest BCUT2D eigenvalue weighted by atomic mass is 10.1. The average molecular weight is 354 g/mol. The molecule has 0 unspecified atom stereocenters. The summed E-state index contributed by atoms with van der Waals surface area (Å²) in [6, 6.07) is 15.9. The van der Waals surface area contributed by atoms with Crippen molar-refractivity contribution in [2.45, 2.75) is 19.3 Å². The molecular formula is C21H26N2O3. The zero-order valence-corrected chi connectivity index (χ0v) is 15.2. The highest BCUT2D eigenvalue weighted by Crippen LogP contribution is 2.25. The van der Waals surface area contributed by atoms with Gasteiger partial charge >= 0.3 is 0 Å². The molecule has 5 heteroatoms. The first-order chi connectivity index (χ1) is 12.8. The zero-order valence-electron chi connectivity index (χ0n) is 15.2. The molecule has 1 amide bonds. The predicted octanol–water partition coefficient (Wildman–Crippen LogP) is 3.03.